The lowest BCUT2D eigenvalue weighted by molar-refractivity contribution is 0.116. The molecule has 0 aliphatic carbocycles. The van der Waals surface area contributed by atoms with Crippen LogP contribution in [0.5, 0.6) is 0 Å². The monoisotopic (exact) mass is 334 g/mol. The smallest absolute Gasteiger partial charge is 0.314 e. The van der Waals surface area contributed by atoms with Crippen molar-refractivity contribution in [1.82, 2.24) is 20.2 Å². The summed E-state index contributed by atoms with van der Waals surface area (Å²) in [6, 6.07) is 10.00. The van der Waals surface area contributed by atoms with E-state index in [0.29, 0.717) is 10.7 Å². The molecule has 0 radical (unpaired) electrons. The van der Waals surface area contributed by atoms with Gasteiger partial charge >= 0.3 is 6.43 Å². The molecule has 2 aromatic heterocycles. The van der Waals surface area contributed by atoms with Gasteiger partial charge in [0.15, 0.2) is 5.16 Å². The van der Waals surface area contributed by atoms with Crippen LogP contribution in [-0.2, 0) is 0 Å². The van der Waals surface area contributed by atoms with Gasteiger partial charge in [-0.15, -0.1) is 10.2 Å². The van der Waals surface area contributed by atoms with E-state index >= 15 is 0 Å². The molecule has 0 amide bonds. The van der Waals surface area contributed by atoms with Crippen molar-refractivity contribution in [3.8, 4) is 11.5 Å². The van der Waals surface area contributed by atoms with E-state index in [2.05, 4.69) is 27.1 Å². The van der Waals surface area contributed by atoms with E-state index < -0.39 is 12.3 Å². The fraction of sp³-hybridized carbons (Fsp3) is 0.200. The first-order valence-corrected chi connectivity index (χ1v) is 7.67. The molecule has 0 aliphatic rings. The molecule has 118 valence electrons. The molecule has 2 heterocycles. The predicted octanol–water partition coefficient (Wildman–Crippen LogP) is 4.32. The highest BCUT2D eigenvalue weighted by Crippen LogP contribution is 2.32. The highest BCUT2D eigenvalue weighted by atomic mass is 32.2. The van der Waals surface area contributed by atoms with Crippen molar-refractivity contribution in [2.75, 3.05) is 0 Å². The molecule has 1 unspecified atom stereocenters. The third-order valence-corrected chi connectivity index (χ3v) is 4.10. The molecule has 3 rings (SSSR count). The highest BCUT2D eigenvalue weighted by molar-refractivity contribution is 7.99. The lowest BCUT2D eigenvalue weighted by atomic mass is 10.2. The van der Waals surface area contributed by atoms with E-state index in [1.807, 2.05) is 30.3 Å². The molecule has 0 bridgehead atoms. The number of rotatable bonds is 5. The van der Waals surface area contributed by atoms with Crippen LogP contribution in [0.25, 0.3) is 11.5 Å². The van der Waals surface area contributed by atoms with Gasteiger partial charge in [-0.3, -0.25) is 0 Å². The van der Waals surface area contributed by atoms with E-state index in [9.17, 15) is 8.78 Å². The lowest BCUT2D eigenvalue weighted by Crippen LogP contribution is -1.92. The summed E-state index contributed by atoms with van der Waals surface area (Å²) >= 11 is 1.50. The first-order chi connectivity index (χ1) is 11.1. The van der Waals surface area contributed by atoms with Gasteiger partial charge in [-0.1, -0.05) is 42.1 Å². The number of hydrogen-bond acceptors (Lipinski definition) is 6. The molecule has 1 atom stereocenters. The Balaban J connectivity index is 1.71. The van der Waals surface area contributed by atoms with Gasteiger partial charge < -0.3 is 4.42 Å². The molecule has 0 spiro atoms. The van der Waals surface area contributed by atoms with Crippen molar-refractivity contribution >= 4 is 11.8 Å². The van der Waals surface area contributed by atoms with Crippen LogP contribution in [0.3, 0.4) is 0 Å². The van der Waals surface area contributed by atoms with Gasteiger partial charge in [-0.2, -0.15) is 8.78 Å². The third-order valence-electron chi connectivity index (χ3n) is 3.05. The van der Waals surface area contributed by atoms with E-state index in [0.717, 1.165) is 0 Å². The number of benzene rings is 1. The van der Waals surface area contributed by atoms with Crippen molar-refractivity contribution in [2.24, 2.45) is 0 Å². The average Bonchev–Trinajstić information content (AvgIpc) is 3.07. The summed E-state index contributed by atoms with van der Waals surface area (Å²) in [5.74, 6) is -0.732. The number of nitrogens with zero attached hydrogens (tertiary/aromatic N) is 4. The summed E-state index contributed by atoms with van der Waals surface area (Å²) in [6.45, 7) is 2.06. The molecular weight excluding hydrogens is 322 g/mol. The van der Waals surface area contributed by atoms with Crippen LogP contribution in [0, 0.1) is 0 Å². The first-order valence-electron chi connectivity index (χ1n) is 6.79. The number of aromatic nitrogens is 4. The average molecular weight is 334 g/mol. The molecule has 0 saturated carbocycles. The normalized spacial score (nSPS) is 12.5. The van der Waals surface area contributed by atoms with Crippen LogP contribution in [0.4, 0.5) is 8.78 Å². The SMILES string of the molecule is CC(Sc1ncc(-c2nnc(C(F)F)o2)cn1)c1ccccc1. The number of hydrogen-bond donors (Lipinski definition) is 0. The second-order valence-corrected chi connectivity index (χ2v) is 5.98. The Morgan fingerprint density at radius 3 is 2.35 bits per heavy atom. The van der Waals surface area contributed by atoms with Gasteiger partial charge in [-0.05, 0) is 12.5 Å². The maximum Gasteiger partial charge on any atom is 0.314 e. The van der Waals surface area contributed by atoms with Crippen LogP contribution in [0.15, 0.2) is 52.3 Å². The summed E-state index contributed by atoms with van der Waals surface area (Å²) in [6.07, 6.45) is 0.171. The molecule has 0 fully saturated rings. The van der Waals surface area contributed by atoms with Crippen LogP contribution in [0.1, 0.15) is 30.1 Å². The van der Waals surface area contributed by atoms with Crippen LogP contribution >= 0.6 is 11.8 Å². The van der Waals surface area contributed by atoms with E-state index in [4.69, 9.17) is 4.42 Å². The van der Waals surface area contributed by atoms with Gasteiger partial charge in [0.05, 0.1) is 5.56 Å². The Hall–Kier alpha value is -2.35. The zero-order valence-electron chi connectivity index (χ0n) is 12.1. The van der Waals surface area contributed by atoms with Crippen molar-refractivity contribution in [3.05, 3.63) is 54.2 Å². The fourth-order valence-electron chi connectivity index (χ4n) is 1.88. The zero-order chi connectivity index (χ0) is 16.2. The van der Waals surface area contributed by atoms with Gasteiger partial charge in [-0.25, -0.2) is 9.97 Å². The summed E-state index contributed by atoms with van der Waals surface area (Å²) in [7, 11) is 0. The zero-order valence-corrected chi connectivity index (χ0v) is 12.9. The molecule has 0 N–H and O–H groups in total. The molecular formula is C15H12F2N4OS. The number of thioether (sulfide) groups is 1. The van der Waals surface area contributed by atoms with E-state index in [-0.39, 0.29) is 11.1 Å². The van der Waals surface area contributed by atoms with Crippen molar-refractivity contribution in [3.63, 3.8) is 0 Å². The molecule has 0 aliphatic heterocycles. The third kappa shape index (κ3) is 3.70. The predicted molar refractivity (Wildman–Crippen MR) is 81.0 cm³/mol. The highest BCUT2D eigenvalue weighted by Gasteiger charge is 2.17. The standard InChI is InChI=1S/C15H12F2N4OS/c1-9(10-5-3-2-4-6-10)23-15-18-7-11(8-19-15)13-20-21-14(22-13)12(16)17/h2-9,12H,1H3. The first kappa shape index (κ1) is 15.5. The molecule has 0 saturated heterocycles. The Labute approximate surface area is 135 Å². The Bertz CT molecular complexity index is 765. The summed E-state index contributed by atoms with van der Waals surface area (Å²) < 4.78 is 29.7. The van der Waals surface area contributed by atoms with Gasteiger partial charge in [0.2, 0.25) is 0 Å². The minimum absolute atomic E-state index is 0.0204. The van der Waals surface area contributed by atoms with Crippen molar-refractivity contribution in [1.29, 1.82) is 0 Å². The maximum atomic E-state index is 12.4. The quantitative estimate of drug-likeness (QED) is 0.511. The van der Waals surface area contributed by atoms with Crippen LogP contribution < -0.4 is 0 Å². The summed E-state index contributed by atoms with van der Waals surface area (Å²) in [4.78, 5) is 8.42. The van der Waals surface area contributed by atoms with Gasteiger partial charge in [0, 0.05) is 17.6 Å². The maximum absolute atomic E-state index is 12.4. The minimum Gasteiger partial charge on any atom is -0.415 e. The molecule has 23 heavy (non-hydrogen) atoms. The number of alkyl halides is 2. The Morgan fingerprint density at radius 2 is 1.74 bits per heavy atom. The minimum atomic E-state index is -2.79. The Morgan fingerprint density at radius 1 is 1.04 bits per heavy atom. The van der Waals surface area contributed by atoms with Crippen LogP contribution in [0.2, 0.25) is 0 Å². The second-order valence-electron chi connectivity index (χ2n) is 4.67. The van der Waals surface area contributed by atoms with Crippen molar-refractivity contribution < 1.29 is 13.2 Å². The molecule has 3 aromatic rings. The largest absolute Gasteiger partial charge is 0.415 e. The number of halogens is 2. The van der Waals surface area contributed by atoms with E-state index in [1.54, 1.807) is 0 Å². The fourth-order valence-corrected chi connectivity index (χ4v) is 2.71. The summed E-state index contributed by atoms with van der Waals surface area (Å²) in [5.41, 5.74) is 1.57. The lowest BCUT2D eigenvalue weighted by Gasteiger charge is -2.09. The topological polar surface area (TPSA) is 64.7 Å². The van der Waals surface area contributed by atoms with Gasteiger partial charge in [0.1, 0.15) is 0 Å². The second kappa shape index (κ2) is 6.82. The molecule has 8 heteroatoms. The van der Waals surface area contributed by atoms with Crippen LogP contribution in [-0.4, -0.2) is 20.2 Å². The molecule has 1 aromatic carbocycles. The molecule has 5 nitrogen and oxygen atoms in total. The van der Waals surface area contributed by atoms with E-state index in [1.165, 1.54) is 29.7 Å². The Kier molecular flexibility index (Phi) is 4.61. The van der Waals surface area contributed by atoms with Crippen molar-refractivity contribution in [2.45, 2.75) is 23.8 Å². The van der Waals surface area contributed by atoms with Gasteiger partial charge in [0.25, 0.3) is 11.8 Å². The summed E-state index contributed by atoms with van der Waals surface area (Å²) in [5, 5.41) is 7.61.